The molecule has 1 heterocycles. The van der Waals surface area contributed by atoms with Crippen LogP contribution in [0.15, 0.2) is 23.6 Å². The number of carboxylic acids is 1. The lowest BCUT2D eigenvalue weighted by Crippen LogP contribution is -2.03. The number of carbonyl (C=O) groups excluding carboxylic acids is 1. The molecule has 0 unspecified atom stereocenters. The largest absolute Gasteiger partial charge is 0.478 e. The summed E-state index contributed by atoms with van der Waals surface area (Å²) in [7, 11) is 0. The Hall–Kier alpha value is -1.56. The molecule has 1 aromatic carbocycles. The summed E-state index contributed by atoms with van der Waals surface area (Å²) in [4.78, 5) is 22.2. The molecule has 0 saturated heterocycles. The van der Waals surface area contributed by atoms with Crippen LogP contribution in [0.3, 0.4) is 0 Å². The molecule has 0 spiro atoms. The van der Waals surface area contributed by atoms with Crippen LogP contribution in [0.1, 0.15) is 10.4 Å². The zero-order valence-electron chi connectivity index (χ0n) is 9.31. The van der Waals surface area contributed by atoms with Crippen LogP contribution in [0.4, 0.5) is 5.69 Å². The lowest BCUT2D eigenvalue weighted by atomic mass is 10.1. The second-order valence-electron chi connectivity index (χ2n) is 3.55. The zero-order chi connectivity index (χ0) is 14.0. The number of aromatic carboxylic acids is 1. The van der Waals surface area contributed by atoms with Gasteiger partial charge < -0.3 is 10.4 Å². The standard InChI is InChI=1S/C12H7Cl2NO3S/c13-6-1-2-7(8(14)3-6)11-10(12(17)18)9(4-19-11)15-5-16/h1-5H,(H,15,16)(H,17,18). The first-order chi connectivity index (χ1) is 9.04. The Kier molecular flexibility index (Phi) is 4.09. The van der Waals surface area contributed by atoms with Gasteiger partial charge in [-0.25, -0.2) is 4.79 Å². The molecule has 1 aromatic heterocycles. The third-order valence-corrected chi connectivity index (χ3v) is 3.96. The smallest absolute Gasteiger partial charge is 0.339 e. The Morgan fingerprint density at radius 3 is 2.68 bits per heavy atom. The van der Waals surface area contributed by atoms with Crippen molar-refractivity contribution in [1.82, 2.24) is 0 Å². The maximum absolute atomic E-state index is 11.3. The summed E-state index contributed by atoms with van der Waals surface area (Å²) >= 11 is 13.1. The normalized spacial score (nSPS) is 10.2. The van der Waals surface area contributed by atoms with Gasteiger partial charge in [0, 0.05) is 16.0 Å². The molecule has 4 nitrogen and oxygen atoms in total. The summed E-state index contributed by atoms with van der Waals surface area (Å²) in [6.07, 6.45) is 0.432. The van der Waals surface area contributed by atoms with E-state index in [-0.39, 0.29) is 11.3 Å². The first kappa shape index (κ1) is 13.9. The molecule has 0 aliphatic carbocycles. The number of benzene rings is 1. The van der Waals surface area contributed by atoms with Crippen molar-refractivity contribution in [3.05, 3.63) is 39.2 Å². The van der Waals surface area contributed by atoms with Crippen LogP contribution in [0.5, 0.6) is 0 Å². The molecule has 0 radical (unpaired) electrons. The number of halogens is 2. The van der Waals surface area contributed by atoms with Crippen LogP contribution in [0, 0.1) is 0 Å². The Morgan fingerprint density at radius 1 is 1.37 bits per heavy atom. The van der Waals surface area contributed by atoms with Crippen molar-refractivity contribution in [2.75, 3.05) is 5.32 Å². The lowest BCUT2D eigenvalue weighted by Gasteiger charge is -2.05. The summed E-state index contributed by atoms with van der Waals surface area (Å²) in [6.45, 7) is 0. The van der Waals surface area contributed by atoms with Crippen molar-refractivity contribution >= 4 is 52.6 Å². The van der Waals surface area contributed by atoms with Gasteiger partial charge in [0.2, 0.25) is 6.41 Å². The quantitative estimate of drug-likeness (QED) is 0.838. The van der Waals surface area contributed by atoms with Gasteiger partial charge in [-0.2, -0.15) is 0 Å². The highest BCUT2D eigenvalue weighted by Gasteiger charge is 2.21. The predicted molar refractivity (Wildman–Crippen MR) is 76.4 cm³/mol. The number of hydrogen-bond acceptors (Lipinski definition) is 3. The van der Waals surface area contributed by atoms with Crippen molar-refractivity contribution in [3.8, 4) is 10.4 Å². The molecule has 2 rings (SSSR count). The van der Waals surface area contributed by atoms with Crippen LogP contribution < -0.4 is 5.32 Å². The molecule has 19 heavy (non-hydrogen) atoms. The van der Waals surface area contributed by atoms with E-state index in [9.17, 15) is 14.7 Å². The summed E-state index contributed by atoms with van der Waals surface area (Å²) < 4.78 is 0. The van der Waals surface area contributed by atoms with Crippen molar-refractivity contribution in [3.63, 3.8) is 0 Å². The Morgan fingerprint density at radius 2 is 2.11 bits per heavy atom. The van der Waals surface area contributed by atoms with Crippen molar-refractivity contribution in [2.45, 2.75) is 0 Å². The van der Waals surface area contributed by atoms with Gasteiger partial charge in [-0.05, 0) is 12.1 Å². The second kappa shape index (κ2) is 5.61. The minimum Gasteiger partial charge on any atom is -0.478 e. The van der Waals surface area contributed by atoms with Gasteiger partial charge in [-0.15, -0.1) is 11.3 Å². The molecule has 1 amide bonds. The number of rotatable bonds is 4. The SMILES string of the molecule is O=CNc1csc(-c2ccc(Cl)cc2Cl)c1C(=O)O. The van der Waals surface area contributed by atoms with Crippen molar-refractivity contribution in [2.24, 2.45) is 0 Å². The van der Waals surface area contributed by atoms with E-state index in [0.717, 1.165) is 0 Å². The monoisotopic (exact) mass is 315 g/mol. The molecule has 0 aliphatic heterocycles. The van der Waals surface area contributed by atoms with Gasteiger partial charge >= 0.3 is 5.97 Å². The molecule has 2 N–H and O–H groups in total. The highest BCUT2D eigenvalue weighted by molar-refractivity contribution is 7.14. The molecule has 98 valence electrons. The van der Waals surface area contributed by atoms with Crippen LogP contribution >= 0.6 is 34.5 Å². The molecular weight excluding hydrogens is 309 g/mol. The molecular formula is C12H7Cl2NO3S. The van der Waals surface area contributed by atoms with E-state index in [4.69, 9.17) is 23.2 Å². The van der Waals surface area contributed by atoms with E-state index in [1.165, 1.54) is 17.4 Å². The molecule has 7 heteroatoms. The number of amides is 1. The molecule has 0 aliphatic rings. The van der Waals surface area contributed by atoms with Crippen molar-refractivity contribution < 1.29 is 14.7 Å². The maximum Gasteiger partial charge on any atom is 0.339 e. The highest BCUT2D eigenvalue weighted by Crippen LogP contribution is 2.40. The fourth-order valence-corrected chi connectivity index (χ4v) is 3.21. The number of carboxylic acid groups (broad SMARTS) is 1. The van der Waals surface area contributed by atoms with Gasteiger partial charge in [-0.1, -0.05) is 29.3 Å². The summed E-state index contributed by atoms with van der Waals surface area (Å²) in [5, 5.41) is 14.0. The van der Waals surface area contributed by atoms with Gasteiger partial charge in [0.15, 0.2) is 0 Å². The van der Waals surface area contributed by atoms with Gasteiger partial charge in [0.25, 0.3) is 0 Å². The Balaban J connectivity index is 2.62. The zero-order valence-corrected chi connectivity index (χ0v) is 11.6. The van der Waals surface area contributed by atoms with Gasteiger partial charge in [0.05, 0.1) is 15.6 Å². The van der Waals surface area contributed by atoms with Crippen LogP contribution in [0.25, 0.3) is 10.4 Å². The highest BCUT2D eigenvalue weighted by atomic mass is 35.5. The van der Waals surface area contributed by atoms with Crippen molar-refractivity contribution in [1.29, 1.82) is 0 Å². The molecule has 0 atom stereocenters. The molecule has 0 saturated carbocycles. The predicted octanol–water partition coefficient (Wildman–Crippen LogP) is 3.99. The third-order valence-electron chi connectivity index (χ3n) is 2.40. The topological polar surface area (TPSA) is 66.4 Å². The van der Waals surface area contributed by atoms with Crippen LogP contribution in [-0.2, 0) is 4.79 Å². The number of hydrogen-bond donors (Lipinski definition) is 2. The number of thiophene rings is 1. The van der Waals surface area contributed by atoms with Crippen LogP contribution in [-0.4, -0.2) is 17.5 Å². The number of carbonyl (C=O) groups is 2. The lowest BCUT2D eigenvalue weighted by molar-refractivity contribution is -0.105. The van der Waals surface area contributed by atoms with E-state index in [2.05, 4.69) is 5.32 Å². The van der Waals surface area contributed by atoms with E-state index in [1.807, 2.05) is 0 Å². The number of nitrogens with one attached hydrogen (secondary N) is 1. The first-order valence-corrected chi connectivity index (χ1v) is 6.68. The van der Waals surface area contributed by atoms with E-state index in [1.54, 1.807) is 17.5 Å². The molecule has 2 aromatic rings. The summed E-state index contributed by atoms with van der Waals surface area (Å²) in [5.41, 5.74) is 0.822. The maximum atomic E-state index is 11.3. The van der Waals surface area contributed by atoms with Crippen LogP contribution in [0.2, 0.25) is 10.0 Å². The molecule has 0 bridgehead atoms. The average Bonchev–Trinajstić information content (AvgIpc) is 2.73. The third kappa shape index (κ3) is 2.73. The van der Waals surface area contributed by atoms with Gasteiger partial charge in [0.1, 0.15) is 5.56 Å². The first-order valence-electron chi connectivity index (χ1n) is 5.05. The fourth-order valence-electron chi connectivity index (χ4n) is 1.61. The van der Waals surface area contributed by atoms with E-state index < -0.39 is 5.97 Å². The fraction of sp³-hybridized carbons (Fsp3) is 0. The second-order valence-corrected chi connectivity index (χ2v) is 5.27. The minimum atomic E-state index is -1.13. The van der Waals surface area contributed by atoms with E-state index in [0.29, 0.717) is 26.9 Å². The van der Waals surface area contributed by atoms with Gasteiger partial charge in [-0.3, -0.25) is 4.79 Å². The minimum absolute atomic E-state index is 0.0151. The Bertz CT molecular complexity index is 654. The summed E-state index contributed by atoms with van der Waals surface area (Å²) in [5.74, 6) is -1.13. The van der Waals surface area contributed by atoms with E-state index >= 15 is 0 Å². The molecule has 0 fully saturated rings. The average molecular weight is 316 g/mol. The Labute approximate surface area is 122 Å². The number of anilines is 1. The summed E-state index contributed by atoms with van der Waals surface area (Å²) in [6, 6.07) is 4.81.